The molecule has 9 atom stereocenters. The SMILES string of the molecule is O=[N+]([O-])c1cccc(S[C@H]2C[C@@H](O)[C@H](O[C@H]3OC(CO)[C@H](O)[C@@H](O)C3O)C(CO)O2)c1. The van der Waals surface area contributed by atoms with Crippen molar-refractivity contribution in [2.24, 2.45) is 0 Å². The summed E-state index contributed by atoms with van der Waals surface area (Å²) in [5.74, 6) is 0. The van der Waals surface area contributed by atoms with Gasteiger partial charge in [0.15, 0.2) is 6.29 Å². The molecule has 2 aliphatic rings. The largest absolute Gasteiger partial charge is 0.394 e. The number of thioether (sulfide) groups is 1. The highest BCUT2D eigenvalue weighted by Crippen LogP contribution is 2.36. The number of non-ortho nitro benzene ring substituents is 1. The molecule has 0 bridgehead atoms. The van der Waals surface area contributed by atoms with Gasteiger partial charge in [-0.2, -0.15) is 0 Å². The topological polar surface area (TPSA) is 192 Å². The van der Waals surface area contributed by atoms with E-state index >= 15 is 0 Å². The van der Waals surface area contributed by atoms with E-state index in [4.69, 9.17) is 14.2 Å². The van der Waals surface area contributed by atoms with Crippen LogP contribution in [0.5, 0.6) is 0 Å². The van der Waals surface area contributed by atoms with E-state index < -0.39 is 72.6 Å². The van der Waals surface area contributed by atoms with Gasteiger partial charge in [0.05, 0.1) is 24.2 Å². The monoisotopic (exact) mass is 463 g/mol. The van der Waals surface area contributed by atoms with E-state index in [2.05, 4.69) is 0 Å². The number of nitro groups is 1. The lowest BCUT2D eigenvalue weighted by molar-refractivity contribution is -0.385. The van der Waals surface area contributed by atoms with Gasteiger partial charge in [0.1, 0.15) is 42.1 Å². The predicted molar refractivity (Wildman–Crippen MR) is 104 cm³/mol. The lowest BCUT2D eigenvalue weighted by atomic mass is 9.98. The maximum Gasteiger partial charge on any atom is 0.270 e. The van der Waals surface area contributed by atoms with Crippen molar-refractivity contribution in [1.29, 1.82) is 0 Å². The molecular formula is C18H25NO11S. The molecule has 174 valence electrons. The fourth-order valence-electron chi connectivity index (χ4n) is 3.47. The molecular weight excluding hydrogens is 438 g/mol. The molecule has 13 heteroatoms. The predicted octanol–water partition coefficient (Wildman–Crippen LogP) is -1.66. The minimum absolute atomic E-state index is 0.0337. The fraction of sp³-hybridized carbons (Fsp3) is 0.667. The van der Waals surface area contributed by atoms with E-state index in [1.165, 1.54) is 18.2 Å². The Balaban J connectivity index is 1.66. The van der Waals surface area contributed by atoms with Crippen molar-refractivity contribution in [3.05, 3.63) is 34.4 Å². The highest BCUT2D eigenvalue weighted by molar-refractivity contribution is 7.99. The molecule has 0 spiro atoms. The van der Waals surface area contributed by atoms with E-state index in [0.717, 1.165) is 11.8 Å². The summed E-state index contributed by atoms with van der Waals surface area (Å²) in [4.78, 5) is 10.9. The number of nitrogens with zero attached hydrogens (tertiary/aromatic N) is 1. The Morgan fingerprint density at radius 1 is 1.06 bits per heavy atom. The number of nitro benzene ring substituents is 1. The van der Waals surface area contributed by atoms with Crippen LogP contribution in [-0.4, -0.2) is 103 Å². The number of aliphatic hydroxyl groups excluding tert-OH is 6. The van der Waals surface area contributed by atoms with Crippen LogP contribution in [0.1, 0.15) is 6.42 Å². The summed E-state index contributed by atoms with van der Waals surface area (Å²) < 4.78 is 16.6. The zero-order valence-corrected chi connectivity index (χ0v) is 17.0. The lowest BCUT2D eigenvalue weighted by Crippen LogP contribution is -2.62. The highest BCUT2D eigenvalue weighted by Gasteiger charge is 2.48. The van der Waals surface area contributed by atoms with E-state index in [1.54, 1.807) is 6.07 Å². The molecule has 2 saturated heterocycles. The number of hydrogen-bond donors (Lipinski definition) is 6. The summed E-state index contributed by atoms with van der Waals surface area (Å²) in [7, 11) is 0. The van der Waals surface area contributed by atoms with Gasteiger partial charge >= 0.3 is 0 Å². The molecule has 0 radical (unpaired) electrons. The van der Waals surface area contributed by atoms with Crippen molar-refractivity contribution in [2.45, 2.75) is 65.8 Å². The minimum Gasteiger partial charge on any atom is -0.394 e. The van der Waals surface area contributed by atoms with Gasteiger partial charge in [-0.15, -0.1) is 0 Å². The number of hydrogen-bond acceptors (Lipinski definition) is 12. The summed E-state index contributed by atoms with van der Waals surface area (Å²) in [5, 5.41) is 70.4. The average molecular weight is 463 g/mol. The number of ether oxygens (including phenoxy) is 3. The van der Waals surface area contributed by atoms with Crippen LogP contribution in [0, 0.1) is 10.1 Å². The van der Waals surface area contributed by atoms with Crippen molar-refractivity contribution >= 4 is 17.4 Å². The molecule has 2 fully saturated rings. The van der Waals surface area contributed by atoms with Crippen LogP contribution in [0.4, 0.5) is 5.69 Å². The first kappa shape index (κ1) is 24.3. The molecule has 1 aromatic carbocycles. The summed E-state index contributed by atoms with van der Waals surface area (Å²) in [6, 6.07) is 5.89. The lowest BCUT2D eigenvalue weighted by Gasteiger charge is -2.44. The van der Waals surface area contributed by atoms with Gasteiger partial charge in [-0.1, -0.05) is 17.8 Å². The molecule has 0 aromatic heterocycles. The molecule has 3 rings (SSSR count). The van der Waals surface area contributed by atoms with Crippen LogP contribution in [0.25, 0.3) is 0 Å². The van der Waals surface area contributed by atoms with Crippen LogP contribution in [-0.2, 0) is 14.2 Å². The van der Waals surface area contributed by atoms with E-state index in [1.807, 2.05) is 0 Å². The van der Waals surface area contributed by atoms with E-state index in [9.17, 15) is 40.8 Å². The Hall–Kier alpha value is -1.39. The summed E-state index contributed by atoms with van der Waals surface area (Å²) in [5.41, 5.74) is -0.743. The van der Waals surface area contributed by atoms with E-state index in [-0.39, 0.29) is 12.1 Å². The molecule has 31 heavy (non-hydrogen) atoms. The number of aliphatic hydroxyl groups is 6. The molecule has 0 aliphatic carbocycles. The molecule has 3 unspecified atom stereocenters. The first-order valence-corrected chi connectivity index (χ1v) is 10.4. The van der Waals surface area contributed by atoms with Crippen molar-refractivity contribution in [2.75, 3.05) is 13.2 Å². The third kappa shape index (κ3) is 5.51. The van der Waals surface area contributed by atoms with Gasteiger partial charge < -0.3 is 44.8 Å². The van der Waals surface area contributed by atoms with Gasteiger partial charge in [0.25, 0.3) is 5.69 Å². The quantitative estimate of drug-likeness (QED) is 0.199. The maximum absolute atomic E-state index is 10.9. The normalized spacial score (nSPS) is 38.7. The molecule has 2 aliphatic heterocycles. The minimum atomic E-state index is -1.67. The smallest absolute Gasteiger partial charge is 0.270 e. The Labute approximate surface area is 181 Å². The number of benzene rings is 1. The zero-order valence-electron chi connectivity index (χ0n) is 16.2. The van der Waals surface area contributed by atoms with Crippen LogP contribution < -0.4 is 0 Å². The fourth-order valence-corrected chi connectivity index (χ4v) is 4.61. The molecule has 12 nitrogen and oxygen atoms in total. The Bertz CT molecular complexity index is 753. The molecule has 6 N–H and O–H groups in total. The standard InChI is InChI=1S/C18H25NO11S/c20-6-11-14(23)15(24)16(25)18(29-11)30-17-10(22)5-13(28-12(17)7-21)31-9-3-1-2-8(4-9)19(26)27/h1-4,10-18,20-25H,5-7H2/t10-,11?,12?,13+,14+,15-,16?,17+,18-/m1/s1. The second-order valence-corrected chi connectivity index (χ2v) is 8.49. The van der Waals surface area contributed by atoms with Crippen molar-refractivity contribution in [1.82, 2.24) is 0 Å². The first-order chi connectivity index (χ1) is 14.7. The summed E-state index contributed by atoms with van der Waals surface area (Å²) in [6.07, 6.45) is -10.9. The maximum atomic E-state index is 10.9. The second kappa shape index (κ2) is 10.5. The number of rotatable bonds is 7. The van der Waals surface area contributed by atoms with Crippen molar-refractivity contribution in [3.63, 3.8) is 0 Å². The van der Waals surface area contributed by atoms with E-state index in [0.29, 0.717) is 4.90 Å². The third-order valence-corrected chi connectivity index (χ3v) is 6.21. The van der Waals surface area contributed by atoms with Crippen LogP contribution in [0.3, 0.4) is 0 Å². The van der Waals surface area contributed by atoms with Crippen molar-refractivity contribution < 1.29 is 49.8 Å². The summed E-state index contributed by atoms with van der Waals surface area (Å²) >= 11 is 1.13. The third-order valence-electron chi connectivity index (χ3n) is 5.12. The molecule has 1 aromatic rings. The van der Waals surface area contributed by atoms with Gasteiger partial charge in [0.2, 0.25) is 0 Å². The average Bonchev–Trinajstić information content (AvgIpc) is 2.75. The zero-order chi connectivity index (χ0) is 22.7. The van der Waals surface area contributed by atoms with Gasteiger partial charge in [-0.25, -0.2) is 0 Å². The van der Waals surface area contributed by atoms with Crippen LogP contribution in [0.15, 0.2) is 29.2 Å². The summed E-state index contributed by atoms with van der Waals surface area (Å²) in [6.45, 7) is -1.19. The second-order valence-electron chi connectivity index (χ2n) is 7.26. The molecule has 0 saturated carbocycles. The Kier molecular flexibility index (Phi) is 8.20. The highest BCUT2D eigenvalue weighted by atomic mass is 32.2. The Morgan fingerprint density at radius 2 is 1.77 bits per heavy atom. The van der Waals surface area contributed by atoms with Gasteiger partial charge in [0, 0.05) is 23.4 Å². The van der Waals surface area contributed by atoms with Gasteiger partial charge in [-0.05, 0) is 6.07 Å². The van der Waals surface area contributed by atoms with Crippen LogP contribution in [0.2, 0.25) is 0 Å². The van der Waals surface area contributed by atoms with Crippen LogP contribution >= 0.6 is 11.8 Å². The molecule has 2 heterocycles. The van der Waals surface area contributed by atoms with Crippen molar-refractivity contribution in [3.8, 4) is 0 Å². The van der Waals surface area contributed by atoms with Gasteiger partial charge in [-0.3, -0.25) is 10.1 Å². The molecule has 0 amide bonds. The Morgan fingerprint density at radius 3 is 2.42 bits per heavy atom. The first-order valence-electron chi connectivity index (χ1n) is 9.56.